The molecule has 1 atom stereocenters. The summed E-state index contributed by atoms with van der Waals surface area (Å²) in [7, 11) is 0. The number of carboxylic acids is 1. The Hall–Kier alpha value is -1.18. The zero-order valence-electron chi connectivity index (χ0n) is 10.3. The number of nitrogens with one attached hydrogen (secondary N) is 1. The number of carboxylic acid groups (broad SMARTS) is 1. The van der Waals surface area contributed by atoms with Gasteiger partial charge in [-0.05, 0) is 6.92 Å². The molecule has 0 saturated carbocycles. The zero-order valence-corrected chi connectivity index (χ0v) is 11.1. The van der Waals surface area contributed by atoms with E-state index in [9.17, 15) is 4.79 Å². The van der Waals surface area contributed by atoms with Crippen molar-refractivity contribution in [1.29, 1.82) is 0 Å². The Bertz CT molecular complexity index is 404. The molecule has 100 valence electrons. The molecule has 0 spiro atoms. The summed E-state index contributed by atoms with van der Waals surface area (Å²) in [5.41, 5.74) is 1.65. The van der Waals surface area contributed by atoms with Crippen molar-refractivity contribution in [2.45, 2.75) is 13.0 Å². The van der Waals surface area contributed by atoms with Crippen LogP contribution in [0.2, 0.25) is 0 Å². The van der Waals surface area contributed by atoms with Crippen molar-refractivity contribution in [2.24, 2.45) is 0 Å². The molecule has 18 heavy (non-hydrogen) atoms. The van der Waals surface area contributed by atoms with Gasteiger partial charge in [-0.25, -0.2) is 9.78 Å². The maximum Gasteiger partial charge on any atom is 0.357 e. The van der Waals surface area contributed by atoms with Crippen LogP contribution in [0.25, 0.3) is 0 Å². The van der Waals surface area contributed by atoms with Gasteiger partial charge >= 0.3 is 5.97 Å². The Labute approximate surface area is 110 Å². The predicted molar refractivity (Wildman–Crippen MR) is 69.4 cm³/mol. The monoisotopic (exact) mass is 271 g/mol. The topological polar surface area (TPSA) is 74.7 Å². The number of rotatable bonds is 5. The minimum atomic E-state index is -0.989. The van der Waals surface area contributed by atoms with Crippen molar-refractivity contribution < 1.29 is 14.6 Å². The van der Waals surface area contributed by atoms with Gasteiger partial charge in [-0.15, -0.1) is 11.3 Å². The van der Waals surface area contributed by atoms with Crippen molar-refractivity contribution in [3.05, 3.63) is 11.2 Å². The van der Waals surface area contributed by atoms with E-state index in [1.807, 2.05) is 6.92 Å². The van der Waals surface area contributed by atoms with Crippen LogP contribution in [0.1, 0.15) is 17.4 Å². The molecular weight excluding hydrogens is 254 g/mol. The molecule has 1 unspecified atom stereocenters. The molecule has 6 nitrogen and oxygen atoms in total. The number of ether oxygens (including phenoxy) is 1. The molecule has 2 N–H and O–H groups in total. The molecule has 1 aliphatic rings. The van der Waals surface area contributed by atoms with E-state index in [0.29, 0.717) is 5.00 Å². The van der Waals surface area contributed by atoms with Crippen LogP contribution in [0.4, 0.5) is 5.00 Å². The average molecular weight is 271 g/mol. The van der Waals surface area contributed by atoms with Crippen LogP contribution in [0.5, 0.6) is 0 Å². The van der Waals surface area contributed by atoms with E-state index >= 15 is 0 Å². The third kappa shape index (κ3) is 3.41. The van der Waals surface area contributed by atoms with Crippen LogP contribution >= 0.6 is 11.3 Å². The van der Waals surface area contributed by atoms with Crippen molar-refractivity contribution >= 4 is 22.3 Å². The predicted octanol–water partition coefficient (Wildman–Crippen LogP) is 0.974. The number of anilines is 1. The number of thiazole rings is 1. The van der Waals surface area contributed by atoms with Gasteiger partial charge in [0.2, 0.25) is 0 Å². The van der Waals surface area contributed by atoms with Gasteiger partial charge < -0.3 is 15.2 Å². The third-order valence-electron chi connectivity index (χ3n) is 2.78. The van der Waals surface area contributed by atoms with E-state index < -0.39 is 5.97 Å². The van der Waals surface area contributed by atoms with Crippen LogP contribution in [0.3, 0.4) is 0 Å². The number of aromatic carboxylic acids is 1. The quantitative estimate of drug-likeness (QED) is 0.831. The summed E-state index contributed by atoms with van der Waals surface area (Å²) < 4.78 is 5.29. The van der Waals surface area contributed by atoms with E-state index in [4.69, 9.17) is 9.84 Å². The van der Waals surface area contributed by atoms with Gasteiger partial charge in [0.25, 0.3) is 0 Å². The standard InChI is InChI=1S/C11H17N3O3S/c1-8(6-14-2-4-17-5-3-14)13-10-9(11(15)16)12-7-18-10/h7-8,13H,2-6H2,1H3,(H,15,16). The molecule has 0 bridgehead atoms. The molecule has 2 rings (SSSR count). The number of carbonyl (C=O) groups is 1. The van der Waals surface area contributed by atoms with Crippen molar-refractivity contribution in [1.82, 2.24) is 9.88 Å². The molecular formula is C11H17N3O3S. The van der Waals surface area contributed by atoms with Gasteiger partial charge in [0.15, 0.2) is 5.69 Å². The van der Waals surface area contributed by atoms with Gasteiger partial charge in [0, 0.05) is 25.7 Å². The molecule has 0 radical (unpaired) electrons. The van der Waals surface area contributed by atoms with Crippen LogP contribution < -0.4 is 5.32 Å². The lowest BCUT2D eigenvalue weighted by molar-refractivity contribution is 0.0368. The molecule has 0 aliphatic carbocycles. The minimum Gasteiger partial charge on any atom is -0.476 e. The Morgan fingerprint density at radius 1 is 1.67 bits per heavy atom. The van der Waals surface area contributed by atoms with E-state index in [0.717, 1.165) is 32.8 Å². The molecule has 2 heterocycles. The molecule has 1 saturated heterocycles. The molecule has 1 aromatic heterocycles. The molecule has 1 aromatic rings. The highest BCUT2D eigenvalue weighted by Gasteiger charge is 2.17. The number of aromatic nitrogens is 1. The fourth-order valence-electron chi connectivity index (χ4n) is 1.94. The first-order valence-electron chi connectivity index (χ1n) is 5.90. The highest BCUT2D eigenvalue weighted by atomic mass is 32.1. The summed E-state index contributed by atoms with van der Waals surface area (Å²) >= 11 is 1.32. The lowest BCUT2D eigenvalue weighted by atomic mass is 10.3. The lowest BCUT2D eigenvalue weighted by Crippen LogP contribution is -2.42. The number of hydrogen-bond acceptors (Lipinski definition) is 6. The molecule has 0 aromatic carbocycles. The maximum atomic E-state index is 10.9. The molecule has 0 amide bonds. The summed E-state index contributed by atoms with van der Waals surface area (Å²) in [5.74, 6) is -0.989. The van der Waals surface area contributed by atoms with E-state index in [1.165, 1.54) is 11.3 Å². The van der Waals surface area contributed by atoms with E-state index in [-0.39, 0.29) is 11.7 Å². The van der Waals surface area contributed by atoms with Gasteiger partial charge in [0.1, 0.15) is 5.00 Å². The van der Waals surface area contributed by atoms with Crippen LogP contribution in [-0.4, -0.2) is 59.8 Å². The van der Waals surface area contributed by atoms with Crippen LogP contribution in [0.15, 0.2) is 5.51 Å². The smallest absolute Gasteiger partial charge is 0.357 e. The number of nitrogens with zero attached hydrogens (tertiary/aromatic N) is 2. The first-order valence-corrected chi connectivity index (χ1v) is 6.78. The second kappa shape index (κ2) is 6.12. The minimum absolute atomic E-state index is 0.105. The molecule has 1 fully saturated rings. The first kappa shape index (κ1) is 13.3. The highest BCUT2D eigenvalue weighted by Crippen LogP contribution is 2.21. The number of morpholine rings is 1. The summed E-state index contributed by atoms with van der Waals surface area (Å²) in [5, 5.41) is 12.8. The largest absolute Gasteiger partial charge is 0.476 e. The van der Waals surface area contributed by atoms with Gasteiger partial charge in [-0.2, -0.15) is 0 Å². The van der Waals surface area contributed by atoms with Gasteiger partial charge in [-0.3, -0.25) is 4.90 Å². The summed E-state index contributed by atoms with van der Waals surface area (Å²) in [6, 6.07) is 0.182. The van der Waals surface area contributed by atoms with E-state index in [1.54, 1.807) is 5.51 Å². The normalized spacial score (nSPS) is 18.5. The van der Waals surface area contributed by atoms with Crippen molar-refractivity contribution in [2.75, 3.05) is 38.2 Å². The maximum absolute atomic E-state index is 10.9. The zero-order chi connectivity index (χ0) is 13.0. The van der Waals surface area contributed by atoms with Crippen LogP contribution in [0, 0.1) is 0 Å². The SMILES string of the molecule is CC(CN1CCOCC1)Nc1scnc1C(=O)O. The third-order valence-corrected chi connectivity index (χ3v) is 3.54. The van der Waals surface area contributed by atoms with Gasteiger partial charge in [0.05, 0.1) is 18.7 Å². The van der Waals surface area contributed by atoms with Crippen LogP contribution in [-0.2, 0) is 4.74 Å². The fourth-order valence-corrected chi connectivity index (χ4v) is 2.73. The Kier molecular flexibility index (Phi) is 4.51. The first-order chi connectivity index (χ1) is 8.66. The summed E-state index contributed by atoms with van der Waals surface area (Å²) in [4.78, 5) is 17.1. The second-order valence-corrected chi connectivity index (χ2v) is 5.15. The summed E-state index contributed by atoms with van der Waals surface area (Å²) in [6.07, 6.45) is 0. The van der Waals surface area contributed by atoms with Crippen molar-refractivity contribution in [3.63, 3.8) is 0 Å². The Morgan fingerprint density at radius 3 is 3.06 bits per heavy atom. The van der Waals surface area contributed by atoms with Crippen molar-refractivity contribution in [3.8, 4) is 0 Å². The fraction of sp³-hybridized carbons (Fsp3) is 0.636. The Morgan fingerprint density at radius 2 is 2.39 bits per heavy atom. The second-order valence-electron chi connectivity index (χ2n) is 4.29. The lowest BCUT2D eigenvalue weighted by Gasteiger charge is -2.29. The highest BCUT2D eigenvalue weighted by molar-refractivity contribution is 7.14. The summed E-state index contributed by atoms with van der Waals surface area (Å²) in [6.45, 7) is 6.32. The number of hydrogen-bond donors (Lipinski definition) is 2. The molecule has 7 heteroatoms. The van der Waals surface area contributed by atoms with Gasteiger partial charge in [-0.1, -0.05) is 0 Å². The molecule has 1 aliphatic heterocycles. The Balaban J connectivity index is 1.88. The average Bonchev–Trinajstić information content (AvgIpc) is 2.78. The van der Waals surface area contributed by atoms with E-state index in [2.05, 4.69) is 15.2 Å².